The lowest BCUT2D eigenvalue weighted by Gasteiger charge is -2.06. The van der Waals surface area contributed by atoms with Gasteiger partial charge in [0.25, 0.3) is 0 Å². The molecule has 1 aromatic carbocycles. The third-order valence-corrected chi connectivity index (χ3v) is 4.46. The minimum atomic E-state index is 0.139. The Labute approximate surface area is 148 Å². The van der Waals surface area contributed by atoms with Crippen LogP contribution in [0.1, 0.15) is 59.6 Å². The van der Waals surface area contributed by atoms with E-state index in [4.69, 9.17) is 4.52 Å². The SMILES string of the molecule is Cc1cc(CCCCCCC(=O)c2cc(C)c3ccccc3n2)on1. The maximum atomic E-state index is 12.4. The van der Waals surface area contributed by atoms with Gasteiger partial charge in [0.15, 0.2) is 5.78 Å². The first-order chi connectivity index (χ1) is 12.1. The Morgan fingerprint density at radius 1 is 1.04 bits per heavy atom. The largest absolute Gasteiger partial charge is 0.361 e. The molecule has 0 N–H and O–H groups in total. The van der Waals surface area contributed by atoms with E-state index in [9.17, 15) is 4.79 Å². The van der Waals surface area contributed by atoms with E-state index in [0.717, 1.165) is 60.0 Å². The van der Waals surface area contributed by atoms with Crippen molar-refractivity contribution in [1.29, 1.82) is 0 Å². The number of nitrogens with zero attached hydrogens (tertiary/aromatic N) is 2. The molecule has 0 aliphatic heterocycles. The van der Waals surface area contributed by atoms with Crippen LogP contribution in [-0.4, -0.2) is 15.9 Å². The van der Waals surface area contributed by atoms with Gasteiger partial charge in [-0.3, -0.25) is 4.79 Å². The van der Waals surface area contributed by atoms with Crippen LogP contribution in [0, 0.1) is 13.8 Å². The number of aromatic nitrogens is 2. The molecule has 130 valence electrons. The summed E-state index contributed by atoms with van der Waals surface area (Å²) < 4.78 is 5.20. The molecule has 0 aliphatic rings. The van der Waals surface area contributed by atoms with Gasteiger partial charge in [-0.2, -0.15) is 0 Å². The number of para-hydroxylation sites is 1. The van der Waals surface area contributed by atoms with Crippen molar-refractivity contribution >= 4 is 16.7 Å². The van der Waals surface area contributed by atoms with E-state index in [1.54, 1.807) is 0 Å². The molecule has 2 heterocycles. The maximum absolute atomic E-state index is 12.4. The number of ketones is 1. The normalized spacial score (nSPS) is 11.1. The summed E-state index contributed by atoms with van der Waals surface area (Å²) in [5.41, 5.74) is 3.52. The molecule has 0 aliphatic carbocycles. The number of Topliss-reactive ketones (excluding diaryl/α,β-unsaturated/α-hetero) is 1. The lowest BCUT2D eigenvalue weighted by molar-refractivity contribution is 0.0974. The summed E-state index contributed by atoms with van der Waals surface area (Å²) in [5, 5.41) is 5.00. The van der Waals surface area contributed by atoms with E-state index in [1.165, 1.54) is 0 Å². The Kier molecular flexibility index (Phi) is 5.59. The van der Waals surface area contributed by atoms with Gasteiger partial charge in [0.05, 0.1) is 11.2 Å². The molecular formula is C21H24N2O2. The number of aryl methyl sites for hydroxylation is 3. The molecule has 0 fully saturated rings. The number of hydrogen-bond acceptors (Lipinski definition) is 4. The maximum Gasteiger partial charge on any atom is 0.181 e. The molecule has 0 atom stereocenters. The van der Waals surface area contributed by atoms with Crippen molar-refractivity contribution in [2.45, 2.75) is 52.4 Å². The van der Waals surface area contributed by atoms with Crippen LogP contribution in [0.4, 0.5) is 0 Å². The Balaban J connectivity index is 1.45. The highest BCUT2D eigenvalue weighted by molar-refractivity contribution is 5.97. The predicted octanol–water partition coefficient (Wildman–Crippen LogP) is 5.22. The number of rotatable bonds is 8. The number of fused-ring (bicyclic) bond motifs is 1. The van der Waals surface area contributed by atoms with Crippen LogP contribution in [-0.2, 0) is 6.42 Å². The lowest BCUT2D eigenvalue weighted by Crippen LogP contribution is -2.03. The van der Waals surface area contributed by atoms with Gasteiger partial charge in [0.2, 0.25) is 0 Å². The third kappa shape index (κ3) is 4.53. The monoisotopic (exact) mass is 336 g/mol. The van der Waals surface area contributed by atoms with Gasteiger partial charge in [-0.05, 0) is 44.4 Å². The van der Waals surface area contributed by atoms with E-state index in [2.05, 4.69) is 10.1 Å². The summed E-state index contributed by atoms with van der Waals surface area (Å²) in [6.07, 6.45) is 5.59. The van der Waals surface area contributed by atoms with Gasteiger partial charge in [0, 0.05) is 24.3 Å². The Hall–Kier alpha value is -2.49. The molecule has 3 aromatic rings. The van der Waals surface area contributed by atoms with Gasteiger partial charge in [0.1, 0.15) is 11.5 Å². The number of unbranched alkanes of at least 4 members (excludes halogenated alkanes) is 3. The van der Waals surface area contributed by atoms with E-state index in [1.807, 2.05) is 50.2 Å². The van der Waals surface area contributed by atoms with Crippen LogP contribution >= 0.6 is 0 Å². The van der Waals surface area contributed by atoms with E-state index >= 15 is 0 Å². The summed E-state index contributed by atoms with van der Waals surface area (Å²) >= 11 is 0. The van der Waals surface area contributed by atoms with Crippen LogP contribution in [0.3, 0.4) is 0 Å². The molecule has 0 radical (unpaired) electrons. The van der Waals surface area contributed by atoms with Crippen molar-refractivity contribution in [2.24, 2.45) is 0 Å². The van der Waals surface area contributed by atoms with Crippen molar-refractivity contribution < 1.29 is 9.32 Å². The zero-order valence-electron chi connectivity index (χ0n) is 14.9. The van der Waals surface area contributed by atoms with Gasteiger partial charge in [-0.15, -0.1) is 0 Å². The first-order valence-corrected chi connectivity index (χ1v) is 8.95. The molecule has 3 rings (SSSR count). The van der Waals surface area contributed by atoms with E-state index < -0.39 is 0 Å². The van der Waals surface area contributed by atoms with Crippen LogP contribution in [0.15, 0.2) is 40.9 Å². The number of hydrogen-bond donors (Lipinski definition) is 0. The smallest absolute Gasteiger partial charge is 0.181 e. The summed E-state index contributed by atoms with van der Waals surface area (Å²) in [5.74, 6) is 1.09. The highest BCUT2D eigenvalue weighted by Gasteiger charge is 2.10. The topological polar surface area (TPSA) is 56.0 Å². The number of pyridine rings is 1. The minimum absolute atomic E-state index is 0.139. The zero-order valence-corrected chi connectivity index (χ0v) is 14.9. The number of carbonyl (C=O) groups excluding carboxylic acids is 1. The molecule has 4 heteroatoms. The van der Waals surface area contributed by atoms with Crippen molar-refractivity contribution in [3.05, 3.63) is 59.1 Å². The fraction of sp³-hybridized carbons (Fsp3) is 0.381. The first kappa shape index (κ1) is 17.3. The third-order valence-electron chi connectivity index (χ3n) is 4.46. The second-order valence-electron chi connectivity index (χ2n) is 6.61. The van der Waals surface area contributed by atoms with Gasteiger partial charge in [-0.25, -0.2) is 4.98 Å². The van der Waals surface area contributed by atoms with Crippen LogP contribution in [0.25, 0.3) is 10.9 Å². The van der Waals surface area contributed by atoms with Crippen molar-refractivity contribution in [1.82, 2.24) is 10.1 Å². The Morgan fingerprint density at radius 3 is 2.64 bits per heavy atom. The summed E-state index contributed by atoms with van der Waals surface area (Å²) in [6.45, 7) is 3.97. The zero-order chi connectivity index (χ0) is 17.6. The fourth-order valence-corrected chi connectivity index (χ4v) is 3.09. The molecule has 2 aromatic heterocycles. The highest BCUT2D eigenvalue weighted by Crippen LogP contribution is 2.19. The molecular weight excluding hydrogens is 312 g/mol. The van der Waals surface area contributed by atoms with Crippen molar-refractivity contribution in [2.75, 3.05) is 0 Å². The molecule has 0 saturated carbocycles. The molecule has 0 bridgehead atoms. The lowest BCUT2D eigenvalue weighted by atomic mass is 10.0. The quantitative estimate of drug-likeness (QED) is 0.418. The second-order valence-corrected chi connectivity index (χ2v) is 6.61. The average molecular weight is 336 g/mol. The van der Waals surface area contributed by atoms with E-state index in [-0.39, 0.29) is 5.78 Å². The van der Waals surface area contributed by atoms with Crippen LogP contribution < -0.4 is 0 Å². The minimum Gasteiger partial charge on any atom is -0.361 e. The van der Waals surface area contributed by atoms with Gasteiger partial charge >= 0.3 is 0 Å². The summed E-state index contributed by atoms with van der Waals surface area (Å²) in [7, 11) is 0. The number of carbonyl (C=O) groups is 1. The molecule has 25 heavy (non-hydrogen) atoms. The number of benzene rings is 1. The van der Waals surface area contributed by atoms with E-state index in [0.29, 0.717) is 12.1 Å². The highest BCUT2D eigenvalue weighted by atomic mass is 16.5. The molecule has 4 nitrogen and oxygen atoms in total. The first-order valence-electron chi connectivity index (χ1n) is 8.95. The molecule has 0 spiro atoms. The van der Waals surface area contributed by atoms with Crippen molar-refractivity contribution in [3.63, 3.8) is 0 Å². The molecule has 0 saturated heterocycles. The Morgan fingerprint density at radius 2 is 1.84 bits per heavy atom. The standard InChI is InChI=1S/C21H24N2O2/c1-15-13-20(22-19-11-8-7-10-18(15)19)21(24)12-6-4-3-5-9-17-14-16(2)23-25-17/h7-8,10-11,13-14H,3-6,9,12H2,1-2H3. The van der Waals surface area contributed by atoms with Crippen LogP contribution in [0.2, 0.25) is 0 Å². The van der Waals surface area contributed by atoms with Crippen molar-refractivity contribution in [3.8, 4) is 0 Å². The molecule has 0 unspecified atom stereocenters. The van der Waals surface area contributed by atoms with Gasteiger partial charge in [-0.1, -0.05) is 36.2 Å². The van der Waals surface area contributed by atoms with Gasteiger partial charge < -0.3 is 4.52 Å². The molecule has 0 amide bonds. The second kappa shape index (κ2) is 8.06. The Bertz CT molecular complexity index is 867. The predicted molar refractivity (Wildman–Crippen MR) is 98.8 cm³/mol. The summed E-state index contributed by atoms with van der Waals surface area (Å²) in [4.78, 5) is 16.9. The fourth-order valence-electron chi connectivity index (χ4n) is 3.09. The average Bonchev–Trinajstić information content (AvgIpc) is 3.03. The van der Waals surface area contributed by atoms with Crippen LogP contribution in [0.5, 0.6) is 0 Å². The summed E-state index contributed by atoms with van der Waals surface area (Å²) in [6, 6.07) is 11.9.